The van der Waals surface area contributed by atoms with Crippen LogP contribution in [0.3, 0.4) is 0 Å². The summed E-state index contributed by atoms with van der Waals surface area (Å²) < 4.78 is 0. The third-order valence-electron chi connectivity index (χ3n) is 3.88. The van der Waals surface area contributed by atoms with Crippen LogP contribution in [0.4, 0.5) is 5.82 Å². The number of nitrogens with one attached hydrogen (secondary N) is 1. The summed E-state index contributed by atoms with van der Waals surface area (Å²) in [5, 5.41) is 3.58. The maximum atomic E-state index is 4.48. The molecule has 1 aromatic rings. The van der Waals surface area contributed by atoms with Crippen molar-refractivity contribution in [2.24, 2.45) is 5.92 Å². The van der Waals surface area contributed by atoms with Gasteiger partial charge in [-0.05, 0) is 31.2 Å². The van der Waals surface area contributed by atoms with Gasteiger partial charge in [0, 0.05) is 11.7 Å². The summed E-state index contributed by atoms with van der Waals surface area (Å²) in [6.45, 7) is 4.97. The molecule has 0 aliphatic heterocycles. The Morgan fingerprint density at radius 2 is 2.07 bits per heavy atom. The van der Waals surface area contributed by atoms with Crippen molar-refractivity contribution in [3.05, 3.63) is 18.3 Å². The fourth-order valence-corrected chi connectivity index (χ4v) is 2.72. The van der Waals surface area contributed by atoms with E-state index in [2.05, 4.69) is 36.1 Å². The second-order valence-corrected chi connectivity index (χ2v) is 5.52. The molecule has 3 fully saturated rings. The Bertz CT molecular complexity index is 355. The van der Waals surface area contributed by atoms with Gasteiger partial charge in [0.1, 0.15) is 5.82 Å². The lowest BCUT2D eigenvalue weighted by molar-refractivity contribution is 0.00182. The Kier molecular flexibility index (Phi) is 1.85. The summed E-state index contributed by atoms with van der Waals surface area (Å²) in [5.41, 5.74) is 1.76. The highest BCUT2D eigenvalue weighted by molar-refractivity contribution is 6.70. The first-order valence-corrected chi connectivity index (χ1v) is 5.91. The Labute approximate surface area is 91.6 Å². The summed E-state index contributed by atoms with van der Waals surface area (Å²) in [7, 11) is 0. The van der Waals surface area contributed by atoms with Crippen LogP contribution in [0.1, 0.15) is 19.3 Å². The molecule has 1 heterocycles. The van der Waals surface area contributed by atoms with Crippen molar-refractivity contribution >= 4 is 18.0 Å². The van der Waals surface area contributed by atoms with Crippen LogP contribution in [0.5, 0.6) is 0 Å². The summed E-state index contributed by atoms with van der Waals surface area (Å²) in [6, 6.07) is 4.31. The molecule has 0 radical (unpaired) electrons. The lowest BCUT2D eigenvalue weighted by atomic mass is 9.49. The molecule has 3 aliphatic rings. The molecule has 0 spiro atoms. The van der Waals surface area contributed by atoms with Gasteiger partial charge >= 0.3 is 0 Å². The molecule has 3 aliphatic carbocycles. The topological polar surface area (TPSA) is 24.9 Å². The minimum absolute atomic E-state index is 0.441. The molecule has 0 unspecified atom stereocenters. The van der Waals surface area contributed by atoms with E-state index >= 15 is 0 Å². The number of rotatable bonds is 3. The SMILES string of the molecule is CB(C)c1ccc(NC23CC(C2)C3)nc1. The van der Waals surface area contributed by atoms with Crippen LogP contribution in [0, 0.1) is 5.92 Å². The van der Waals surface area contributed by atoms with E-state index in [4.69, 9.17) is 0 Å². The Balaban J connectivity index is 1.70. The van der Waals surface area contributed by atoms with E-state index in [9.17, 15) is 0 Å². The monoisotopic (exact) mass is 200 g/mol. The van der Waals surface area contributed by atoms with Crippen molar-refractivity contribution in [2.45, 2.75) is 38.4 Å². The summed E-state index contributed by atoms with van der Waals surface area (Å²) >= 11 is 0. The van der Waals surface area contributed by atoms with Crippen LogP contribution in [-0.2, 0) is 0 Å². The van der Waals surface area contributed by atoms with E-state index in [0.29, 0.717) is 12.3 Å². The number of aromatic nitrogens is 1. The molecule has 0 aromatic carbocycles. The van der Waals surface area contributed by atoms with Crippen LogP contribution in [0.15, 0.2) is 18.3 Å². The lowest BCUT2D eigenvalue weighted by Gasteiger charge is -2.62. The fraction of sp³-hybridized carbons (Fsp3) is 0.583. The number of hydrogen-bond acceptors (Lipinski definition) is 2. The highest BCUT2D eigenvalue weighted by Gasteiger charge is 2.56. The average molecular weight is 200 g/mol. The van der Waals surface area contributed by atoms with Gasteiger partial charge in [-0.3, -0.25) is 0 Å². The average Bonchev–Trinajstić information content (AvgIpc) is 2.10. The van der Waals surface area contributed by atoms with Gasteiger partial charge in [-0.2, -0.15) is 0 Å². The molecule has 1 N–H and O–H groups in total. The first kappa shape index (κ1) is 9.26. The molecule has 0 amide bonds. The predicted octanol–water partition coefficient (Wildman–Crippen LogP) is 2.01. The van der Waals surface area contributed by atoms with Gasteiger partial charge in [0.05, 0.1) is 0 Å². The van der Waals surface area contributed by atoms with Gasteiger partial charge in [0.2, 0.25) is 0 Å². The van der Waals surface area contributed by atoms with Gasteiger partial charge in [-0.25, -0.2) is 4.98 Å². The maximum absolute atomic E-state index is 4.48. The zero-order chi connectivity index (χ0) is 10.5. The van der Waals surface area contributed by atoms with Gasteiger partial charge in [0.25, 0.3) is 0 Å². The normalized spacial score (nSPS) is 31.5. The zero-order valence-corrected chi connectivity index (χ0v) is 9.46. The van der Waals surface area contributed by atoms with Crippen LogP contribution in [0.2, 0.25) is 13.6 Å². The fourth-order valence-electron chi connectivity index (χ4n) is 2.72. The Morgan fingerprint density at radius 3 is 2.47 bits per heavy atom. The van der Waals surface area contributed by atoms with Gasteiger partial charge in [-0.1, -0.05) is 25.2 Å². The van der Waals surface area contributed by atoms with Crippen molar-refractivity contribution in [3.8, 4) is 0 Å². The molecule has 15 heavy (non-hydrogen) atoms. The highest BCUT2D eigenvalue weighted by atomic mass is 15.1. The van der Waals surface area contributed by atoms with E-state index in [1.807, 2.05) is 6.20 Å². The third-order valence-corrected chi connectivity index (χ3v) is 3.88. The molecular formula is C12H17BN2. The van der Waals surface area contributed by atoms with Crippen molar-refractivity contribution in [1.82, 2.24) is 4.98 Å². The number of nitrogens with zero attached hydrogens (tertiary/aromatic N) is 1. The predicted molar refractivity (Wildman–Crippen MR) is 65.0 cm³/mol. The van der Waals surface area contributed by atoms with Gasteiger partial charge in [0.15, 0.2) is 6.71 Å². The summed E-state index contributed by atoms with van der Waals surface area (Å²) in [5.74, 6) is 2.07. The standard InChI is InChI=1S/C12H17BN2/c1-13(2)10-3-4-11(14-8-10)15-12-5-9(6-12)7-12/h3-4,8-9H,5-7H2,1-2H3,(H,14,15). The molecule has 0 saturated heterocycles. The highest BCUT2D eigenvalue weighted by Crippen LogP contribution is 2.58. The largest absolute Gasteiger partial charge is 0.365 e. The summed E-state index contributed by atoms with van der Waals surface area (Å²) in [4.78, 5) is 4.48. The van der Waals surface area contributed by atoms with Crippen molar-refractivity contribution in [1.29, 1.82) is 0 Å². The minimum atomic E-state index is 0.441. The van der Waals surface area contributed by atoms with Crippen LogP contribution in [-0.4, -0.2) is 17.2 Å². The van der Waals surface area contributed by atoms with Crippen LogP contribution in [0.25, 0.3) is 0 Å². The van der Waals surface area contributed by atoms with E-state index in [-0.39, 0.29) is 0 Å². The molecule has 4 rings (SSSR count). The number of anilines is 1. The van der Waals surface area contributed by atoms with Gasteiger partial charge in [-0.15, -0.1) is 0 Å². The van der Waals surface area contributed by atoms with E-state index in [1.165, 1.54) is 24.7 Å². The van der Waals surface area contributed by atoms with Crippen molar-refractivity contribution in [3.63, 3.8) is 0 Å². The third kappa shape index (κ3) is 1.45. The Hall–Kier alpha value is -0.985. The molecule has 78 valence electrons. The molecule has 3 heteroatoms. The van der Waals surface area contributed by atoms with E-state index in [1.54, 1.807) is 0 Å². The molecule has 2 bridgehead atoms. The van der Waals surface area contributed by atoms with Crippen LogP contribution >= 0.6 is 0 Å². The number of hydrogen-bond donors (Lipinski definition) is 1. The first-order valence-electron chi connectivity index (χ1n) is 5.91. The van der Waals surface area contributed by atoms with Crippen LogP contribution < -0.4 is 10.8 Å². The minimum Gasteiger partial charge on any atom is -0.365 e. The smallest absolute Gasteiger partial charge is 0.171 e. The number of pyridine rings is 1. The quantitative estimate of drug-likeness (QED) is 0.755. The zero-order valence-electron chi connectivity index (χ0n) is 9.46. The van der Waals surface area contributed by atoms with E-state index in [0.717, 1.165) is 11.7 Å². The molecule has 1 aromatic heterocycles. The Morgan fingerprint density at radius 1 is 1.33 bits per heavy atom. The van der Waals surface area contributed by atoms with E-state index < -0.39 is 0 Å². The lowest BCUT2D eigenvalue weighted by Crippen LogP contribution is -2.63. The second kappa shape index (κ2) is 3.00. The first-order chi connectivity index (χ1) is 7.17. The van der Waals surface area contributed by atoms with Crippen molar-refractivity contribution in [2.75, 3.05) is 5.32 Å². The second-order valence-electron chi connectivity index (χ2n) is 5.52. The van der Waals surface area contributed by atoms with Crippen molar-refractivity contribution < 1.29 is 0 Å². The molecule has 3 saturated carbocycles. The molecule has 0 atom stereocenters. The van der Waals surface area contributed by atoms with Gasteiger partial charge < -0.3 is 5.32 Å². The summed E-state index contributed by atoms with van der Waals surface area (Å²) in [6.07, 6.45) is 6.08. The molecular weight excluding hydrogens is 183 g/mol. The molecule has 2 nitrogen and oxygen atoms in total. The maximum Gasteiger partial charge on any atom is 0.171 e.